The maximum atomic E-state index is 6.21. The maximum Gasteiger partial charge on any atom is 0.138 e. The molecule has 4 aromatic rings. The molecule has 0 atom stereocenters. The number of hydrogen-bond donors (Lipinski definition) is 1. The van der Waals surface area contributed by atoms with Gasteiger partial charge in [0.1, 0.15) is 11.3 Å². The van der Waals surface area contributed by atoms with Crippen molar-refractivity contribution in [3.05, 3.63) is 68.7 Å². The zero-order valence-corrected chi connectivity index (χ0v) is 16.2. The normalized spacial score (nSPS) is 11.1. The Hall–Kier alpha value is -1.69. The number of aromatic amines is 1. The van der Waals surface area contributed by atoms with Crippen LogP contribution < -0.4 is 0 Å². The molecule has 4 rings (SSSR count). The number of halogens is 3. The van der Waals surface area contributed by atoms with Gasteiger partial charge in [0.05, 0.1) is 16.2 Å². The smallest absolute Gasteiger partial charge is 0.138 e. The molecule has 0 unspecified atom stereocenters. The molecule has 3 nitrogen and oxygen atoms in total. The highest BCUT2D eigenvalue weighted by molar-refractivity contribution is 9.11. The standard InChI is InChI=1S/C18H10Br2ClN3/c19-12-8-13(20)17-15(9-12)23-18(24-17)11-5-3-10(4-6-11)16-14(21)2-1-7-22-16/h1-9H,(H,23,24). The van der Waals surface area contributed by atoms with Crippen LogP contribution in [0.3, 0.4) is 0 Å². The van der Waals surface area contributed by atoms with Crippen LogP contribution in [0.4, 0.5) is 0 Å². The molecule has 6 heteroatoms. The summed E-state index contributed by atoms with van der Waals surface area (Å²) >= 11 is 13.3. The lowest BCUT2D eigenvalue weighted by Gasteiger charge is -2.04. The molecule has 118 valence electrons. The molecule has 0 saturated carbocycles. The molecule has 0 aliphatic carbocycles. The van der Waals surface area contributed by atoms with Crippen LogP contribution in [-0.2, 0) is 0 Å². The third kappa shape index (κ3) is 2.88. The average Bonchev–Trinajstić information content (AvgIpc) is 3.00. The Morgan fingerprint density at radius 2 is 1.71 bits per heavy atom. The molecule has 0 aliphatic heterocycles. The van der Waals surface area contributed by atoms with Crippen LogP contribution >= 0.6 is 43.5 Å². The molecule has 2 heterocycles. The fourth-order valence-corrected chi connectivity index (χ4v) is 4.11. The van der Waals surface area contributed by atoms with Gasteiger partial charge in [-0.15, -0.1) is 0 Å². The van der Waals surface area contributed by atoms with Gasteiger partial charge in [-0.2, -0.15) is 0 Å². The molecule has 0 fully saturated rings. The van der Waals surface area contributed by atoms with Gasteiger partial charge in [-0.25, -0.2) is 4.98 Å². The first-order valence-electron chi connectivity index (χ1n) is 7.18. The summed E-state index contributed by atoms with van der Waals surface area (Å²) in [5.41, 5.74) is 4.64. The molecule has 0 spiro atoms. The van der Waals surface area contributed by atoms with Crippen molar-refractivity contribution >= 4 is 54.5 Å². The molecular weight excluding hydrogens is 453 g/mol. The summed E-state index contributed by atoms with van der Waals surface area (Å²) in [7, 11) is 0. The number of benzene rings is 2. The number of nitrogens with one attached hydrogen (secondary N) is 1. The van der Waals surface area contributed by atoms with Gasteiger partial charge in [-0.3, -0.25) is 4.98 Å². The highest BCUT2D eigenvalue weighted by Crippen LogP contribution is 2.31. The number of H-pyrrole nitrogens is 1. The summed E-state index contributed by atoms with van der Waals surface area (Å²) in [6.07, 6.45) is 1.74. The number of fused-ring (bicyclic) bond motifs is 1. The van der Waals surface area contributed by atoms with E-state index >= 15 is 0 Å². The number of hydrogen-bond acceptors (Lipinski definition) is 2. The van der Waals surface area contributed by atoms with Crippen LogP contribution in [-0.4, -0.2) is 15.0 Å². The first-order valence-corrected chi connectivity index (χ1v) is 9.14. The van der Waals surface area contributed by atoms with Gasteiger partial charge in [0.2, 0.25) is 0 Å². The van der Waals surface area contributed by atoms with Crippen molar-refractivity contribution < 1.29 is 0 Å². The van der Waals surface area contributed by atoms with E-state index in [0.29, 0.717) is 5.02 Å². The number of pyridine rings is 1. The van der Waals surface area contributed by atoms with Gasteiger partial charge >= 0.3 is 0 Å². The molecule has 24 heavy (non-hydrogen) atoms. The zero-order chi connectivity index (χ0) is 16.7. The summed E-state index contributed by atoms with van der Waals surface area (Å²) in [6, 6.07) is 15.7. The fraction of sp³-hybridized carbons (Fsp3) is 0. The minimum atomic E-state index is 0.641. The van der Waals surface area contributed by atoms with Crippen LogP contribution in [0.15, 0.2) is 63.7 Å². The van der Waals surface area contributed by atoms with E-state index in [1.54, 1.807) is 6.20 Å². The number of imidazole rings is 1. The van der Waals surface area contributed by atoms with E-state index < -0.39 is 0 Å². The average molecular weight is 464 g/mol. The molecule has 0 radical (unpaired) electrons. The monoisotopic (exact) mass is 461 g/mol. The Kier molecular flexibility index (Phi) is 4.16. The van der Waals surface area contributed by atoms with E-state index in [1.165, 1.54) is 0 Å². The van der Waals surface area contributed by atoms with Crippen molar-refractivity contribution in [3.8, 4) is 22.6 Å². The minimum Gasteiger partial charge on any atom is -0.338 e. The first-order chi connectivity index (χ1) is 11.6. The van der Waals surface area contributed by atoms with Gasteiger partial charge in [0.25, 0.3) is 0 Å². The molecule has 2 aromatic carbocycles. The van der Waals surface area contributed by atoms with E-state index in [-0.39, 0.29) is 0 Å². The fourth-order valence-electron chi connectivity index (χ4n) is 2.56. The van der Waals surface area contributed by atoms with Crippen molar-refractivity contribution in [2.75, 3.05) is 0 Å². The third-order valence-electron chi connectivity index (χ3n) is 3.70. The highest BCUT2D eigenvalue weighted by atomic mass is 79.9. The van der Waals surface area contributed by atoms with Crippen molar-refractivity contribution in [1.29, 1.82) is 0 Å². The second-order valence-corrected chi connectivity index (χ2v) is 7.46. The van der Waals surface area contributed by atoms with Gasteiger partial charge < -0.3 is 4.98 Å². The third-order valence-corrected chi connectivity index (χ3v) is 5.06. The van der Waals surface area contributed by atoms with Crippen molar-refractivity contribution in [2.45, 2.75) is 0 Å². The molecule has 1 N–H and O–H groups in total. The Morgan fingerprint density at radius 1 is 0.958 bits per heavy atom. The Labute approximate surface area is 160 Å². The Bertz CT molecular complexity index is 1040. The van der Waals surface area contributed by atoms with Gasteiger partial charge in [-0.1, -0.05) is 51.8 Å². The first kappa shape index (κ1) is 15.8. The summed E-state index contributed by atoms with van der Waals surface area (Å²) in [6.45, 7) is 0. The quantitative estimate of drug-likeness (QED) is 0.370. The van der Waals surface area contributed by atoms with Crippen LogP contribution in [0.25, 0.3) is 33.7 Å². The SMILES string of the molecule is Clc1cccnc1-c1ccc(-c2nc3c(Br)cc(Br)cc3[nH]2)cc1. The predicted octanol–water partition coefficient (Wildman–Crippen LogP) is 6.47. The van der Waals surface area contributed by atoms with E-state index in [2.05, 4.69) is 46.8 Å². The topological polar surface area (TPSA) is 41.6 Å². The molecule has 0 aliphatic rings. The van der Waals surface area contributed by atoms with Crippen LogP contribution in [0.2, 0.25) is 5.02 Å². The molecule has 2 aromatic heterocycles. The number of rotatable bonds is 2. The minimum absolute atomic E-state index is 0.641. The van der Waals surface area contributed by atoms with E-state index in [9.17, 15) is 0 Å². The summed E-state index contributed by atoms with van der Waals surface area (Å²) < 4.78 is 1.95. The highest BCUT2D eigenvalue weighted by Gasteiger charge is 2.10. The zero-order valence-electron chi connectivity index (χ0n) is 12.2. The largest absolute Gasteiger partial charge is 0.338 e. The molecule has 0 bridgehead atoms. The lowest BCUT2D eigenvalue weighted by atomic mass is 10.1. The maximum absolute atomic E-state index is 6.21. The molecule has 0 saturated heterocycles. The Balaban J connectivity index is 1.76. The van der Waals surface area contributed by atoms with Crippen LogP contribution in [0.5, 0.6) is 0 Å². The summed E-state index contributed by atoms with van der Waals surface area (Å²) in [5, 5.41) is 0.641. The van der Waals surface area contributed by atoms with Crippen LogP contribution in [0.1, 0.15) is 0 Å². The van der Waals surface area contributed by atoms with Crippen molar-refractivity contribution in [3.63, 3.8) is 0 Å². The lowest BCUT2D eigenvalue weighted by molar-refractivity contribution is 1.31. The number of nitrogens with zero attached hydrogens (tertiary/aromatic N) is 2. The second-order valence-electron chi connectivity index (χ2n) is 5.28. The van der Waals surface area contributed by atoms with E-state index in [1.807, 2.05) is 48.5 Å². The van der Waals surface area contributed by atoms with Crippen molar-refractivity contribution in [2.24, 2.45) is 0 Å². The summed E-state index contributed by atoms with van der Waals surface area (Å²) in [4.78, 5) is 12.4. The van der Waals surface area contributed by atoms with Crippen LogP contribution in [0, 0.1) is 0 Å². The lowest BCUT2D eigenvalue weighted by Crippen LogP contribution is -1.85. The molecule has 0 amide bonds. The predicted molar refractivity (Wildman–Crippen MR) is 105 cm³/mol. The van der Waals surface area contributed by atoms with E-state index in [4.69, 9.17) is 11.6 Å². The second kappa shape index (κ2) is 6.31. The van der Waals surface area contributed by atoms with Crippen molar-refractivity contribution in [1.82, 2.24) is 15.0 Å². The Morgan fingerprint density at radius 3 is 2.46 bits per heavy atom. The van der Waals surface area contributed by atoms with Gasteiger partial charge in [-0.05, 0) is 40.2 Å². The van der Waals surface area contributed by atoms with E-state index in [0.717, 1.165) is 42.6 Å². The number of aromatic nitrogens is 3. The molecular formula is C18H10Br2ClN3. The van der Waals surface area contributed by atoms with Gasteiger partial charge in [0.15, 0.2) is 0 Å². The summed E-state index contributed by atoms with van der Waals surface area (Å²) in [5.74, 6) is 0.822. The van der Waals surface area contributed by atoms with Gasteiger partial charge in [0, 0.05) is 26.3 Å².